The third kappa shape index (κ3) is 7.59. The molecule has 3 amide bonds. The van der Waals surface area contributed by atoms with E-state index in [1.807, 2.05) is 17.2 Å². The van der Waals surface area contributed by atoms with E-state index in [2.05, 4.69) is 91.7 Å². The van der Waals surface area contributed by atoms with Crippen LogP contribution in [0.3, 0.4) is 0 Å². The standard InChI is InChI=1S/C47H54N6O7/c1-25-18-40(52(24-25)46(56)42(28(4)58-5)51-47(57)60-7)44-49-36-17-16-33(20-37(36)50-44)31-12-8-29(9-13-31)30-10-14-32(15-11-30)34-21-38(48-23-34)39-19-26(2)43-27(3)35(22-41(54)59-6)45(55)53(39)43/h8-17,20,23,25-28,35,39-40,42-43H,18-19,21-22,24H2,1-7H3,(H,49,50)(H,51,57)/t25-,26-,27?,28+,35-,39-,40-,42-,43?/m0/s1. The topological polar surface area (TPSA) is 156 Å². The van der Waals surface area contributed by atoms with Gasteiger partial charge in [0, 0.05) is 38.0 Å². The summed E-state index contributed by atoms with van der Waals surface area (Å²) >= 11 is 0. The summed E-state index contributed by atoms with van der Waals surface area (Å²) in [5.74, 6) is 0.486. The van der Waals surface area contributed by atoms with Gasteiger partial charge in [-0.3, -0.25) is 19.4 Å². The van der Waals surface area contributed by atoms with E-state index >= 15 is 0 Å². The maximum atomic E-state index is 13.8. The first kappa shape index (κ1) is 40.9. The second kappa shape index (κ2) is 16.7. The van der Waals surface area contributed by atoms with Gasteiger partial charge in [-0.25, -0.2) is 9.78 Å². The van der Waals surface area contributed by atoms with Crippen LogP contribution in [0, 0.1) is 23.7 Å². The average Bonchev–Trinajstić information content (AvgIpc) is 4.10. The number of allylic oxidation sites excluding steroid dienone is 1. The van der Waals surface area contributed by atoms with Crippen molar-refractivity contribution in [3.8, 4) is 22.3 Å². The number of nitrogens with zero attached hydrogens (tertiary/aromatic N) is 4. The molecule has 1 aromatic heterocycles. The van der Waals surface area contributed by atoms with E-state index in [1.165, 1.54) is 21.3 Å². The molecule has 0 aliphatic carbocycles. The predicted molar refractivity (Wildman–Crippen MR) is 229 cm³/mol. The summed E-state index contributed by atoms with van der Waals surface area (Å²) in [6.07, 6.45) is 3.13. The van der Waals surface area contributed by atoms with E-state index in [1.54, 1.807) is 11.8 Å². The van der Waals surface area contributed by atoms with Gasteiger partial charge in [0.15, 0.2) is 0 Å². The molecule has 0 radical (unpaired) electrons. The molecular formula is C47H54N6O7. The van der Waals surface area contributed by atoms with Crippen LogP contribution in [0.5, 0.6) is 0 Å². The summed E-state index contributed by atoms with van der Waals surface area (Å²) in [5, 5.41) is 2.65. The lowest BCUT2D eigenvalue weighted by Crippen LogP contribution is -2.54. The molecule has 9 atom stereocenters. The molecule has 60 heavy (non-hydrogen) atoms. The zero-order valence-corrected chi connectivity index (χ0v) is 35.3. The summed E-state index contributed by atoms with van der Waals surface area (Å²) in [6, 6.07) is 22.1. The molecule has 314 valence electrons. The fourth-order valence-corrected chi connectivity index (χ4v) is 10.0. The van der Waals surface area contributed by atoms with Gasteiger partial charge in [-0.1, -0.05) is 75.4 Å². The van der Waals surface area contributed by atoms with Crippen LogP contribution in [0.2, 0.25) is 0 Å². The molecule has 4 aliphatic heterocycles. The molecule has 13 heteroatoms. The molecule has 0 spiro atoms. The largest absolute Gasteiger partial charge is 0.469 e. The maximum absolute atomic E-state index is 13.8. The van der Waals surface area contributed by atoms with Crippen molar-refractivity contribution < 1.29 is 33.4 Å². The van der Waals surface area contributed by atoms with Gasteiger partial charge in [0.1, 0.15) is 11.9 Å². The van der Waals surface area contributed by atoms with Gasteiger partial charge in [0.25, 0.3) is 0 Å². The van der Waals surface area contributed by atoms with Crippen molar-refractivity contribution in [3.63, 3.8) is 0 Å². The molecular weight excluding hydrogens is 761 g/mol. The highest BCUT2D eigenvalue weighted by Crippen LogP contribution is 2.47. The Morgan fingerprint density at radius 2 is 1.52 bits per heavy atom. The lowest BCUT2D eigenvalue weighted by atomic mass is 9.83. The number of benzene rings is 3. The molecule has 4 aromatic rings. The number of aromatic amines is 1. The molecule has 13 nitrogen and oxygen atoms in total. The summed E-state index contributed by atoms with van der Waals surface area (Å²) in [5.41, 5.74) is 9.26. The molecule has 0 saturated carbocycles. The molecule has 3 fully saturated rings. The highest BCUT2D eigenvalue weighted by Gasteiger charge is 2.56. The number of rotatable bonds is 11. The van der Waals surface area contributed by atoms with Gasteiger partial charge < -0.3 is 34.3 Å². The second-order valence-electron chi connectivity index (χ2n) is 17.1. The average molecular weight is 815 g/mol. The highest BCUT2D eigenvalue weighted by atomic mass is 16.5. The Labute approximate surface area is 350 Å². The van der Waals surface area contributed by atoms with Gasteiger partial charge in [-0.15, -0.1) is 0 Å². The number of nitrogens with one attached hydrogen (secondary N) is 2. The number of aliphatic imine (C=N–C) groups is 1. The number of carbonyl (C=O) groups excluding carboxylic acids is 4. The molecule has 4 aliphatic rings. The zero-order valence-electron chi connectivity index (χ0n) is 35.3. The van der Waals surface area contributed by atoms with E-state index in [0.717, 1.165) is 63.0 Å². The number of amides is 3. The second-order valence-corrected chi connectivity index (χ2v) is 17.1. The summed E-state index contributed by atoms with van der Waals surface area (Å²) < 4.78 is 15.1. The smallest absolute Gasteiger partial charge is 0.407 e. The normalized spacial score (nSPS) is 25.9. The summed E-state index contributed by atoms with van der Waals surface area (Å²) in [4.78, 5) is 68.8. The van der Waals surface area contributed by atoms with Crippen LogP contribution in [0.25, 0.3) is 38.9 Å². The van der Waals surface area contributed by atoms with Crippen LogP contribution in [0.4, 0.5) is 4.79 Å². The van der Waals surface area contributed by atoms with Gasteiger partial charge in [0.05, 0.1) is 55.8 Å². The van der Waals surface area contributed by atoms with Gasteiger partial charge in [0.2, 0.25) is 11.8 Å². The number of fused-ring (bicyclic) bond motifs is 2. The fraction of sp³-hybridized carbons (Fsp3) is 0.447. The first-order chi connectivity index (χ1) is 28.9. The number of imidazole rings is 1. The summed E-state index contributed by atoms with van der Waals surface area (Å²) in [6.45, 7) is 8.69. The van der Waals surface area contributed by atoms with E-state index in [0.29, 0.717) is 24.7 Å². The van der Waals surface area contributed by atoms with Crippen LogP contribution in [-0.2, 0) is 28.6 Å². The van der Waals surface area contributed by atoms with Crippen molar-refractivity contribution in [1.29, 1.82) is 0 Å². The van der Waals surface area contributed by atoms with Crippen LogP contribution in [0.1, 0.15) is 70.8 Å². The van der Waals surface area contributed by atoms with Crippen molar-refractivity contribution >= 4 is 46.2 Å². The van der Waals surface area contributed by atoms with Crippen LogP contribution in [0.15, 0.2) is 77.9 Å². The molecule has 8 rings (SSSR count). The van der Waals surface area contributed by atoms with Gasteiger partial charge in [-0.05, 0) is 83.0 Å². The third-order valence-electron chi connectivity index (χ3n) is 13.3. The quantitative estimate of drug-likeness (QED) is 0.151. The number of ether oxygens (including phenoxy) is 3. The Hall–Kier alpha value is -5.82. The monoisotopic (exact) mass is 814 g/mol. The minimum absolute atomic E-state index is 0.0465. The third-order valence-corrected chi connectivity index (χ3v) is 13.3. The Morgan fingerprint density at radius 3 is 2.17 bits per heavy atom. The van der Waals surface area contributed by atoms with Gasteiger partial charge in [-0.2, -0.15) is 0 Å². The Kier molecular flexibility index (Phi) is 11.4. The molecule has 3 aromatic carbocycles. The van der Waals surface area contributed by atoms with Crippen molar-refractivity contribution in [1.82, 2.24) is 25.1 Å². The number of alkyl carbamates (subject to hydrolysis) is 1. The van der Waals surface area contributed by atoms with Crippen molar-refractivity contribution in [3.05, 3.63) is 84.3 Å². The van der Waals surface area contributed by atoms with Crippen molar-refractivity contribution in [2.24, 2.45) is 28.7 Å². The minimum Gasteiger partial charge on any atom is -0.469 e. The Bertz CT molecular complexity index is 2350. The zero-order chi connectivity index (χ0) is 42.4. The van der Waals surface area contributed by atoms with Crippen molar-refractivity contribution in [2.75, 3.05) is 27.9 Å². The van der Waals surface area contributed by atoms with Gasteiger partial charge >= 0.3 is 12.1 Å². The lowest BCUT2D eigenvalue weighted by molar-refractivity contribution is -0.145. The summed E-state index contributed by atoms with van der Waals surface area (Å²) in [7, 11) is 4.15. The highest BCUT2D eigenvalue weighted by molar-refractivity contribution is 6.04. The van der Waals surface area contributed by atoms with Crippen LogP contribution >= 0.6 is 0 Å². The van der Waals surface area contributed by atoms with Crippen molar-refractivity contribution in [2.45, 2.75) is 83.6 Å². The number of methoxy groups -OCH3 is 3. The minimum atomic E-state index is -0.904. The SMILES string of the molecule is COC(=O)C[C@@H]1C(=O)N2C(C1C)[C@@H](C)C[C@H]2C1=NC=C(c2ccc(-c3ccc(-c4ccc5nc([C@@H]6C[C@H](C)CN6C(=O)[C@@H](NC(=O)OC)[C@@H](C)OC)[nH]c5c4)cc3)cc2)C1. The van der Waals surface area contributed by atoms with E-state index in [9.17, 15) is 19.2 Å². The predicted octanol–water partition coefficient (Wildman–Crippen LogP) is 7.19. The number of aromatic nitrogens is 2. The first-order valence-corrected chi connectivity index (χ1v) is 20.9. The van der Waals surface area contributed by atoms with E-state index in [4.69, 9.17) is 24.2 Å². The number of hydrogen-bond donors (Lipinski definition) is 2. The molecule has 3 saturated heterocycles. The molecule has 5 heterocycles. The number of H-pyrrole nitrogens is 1. The lowest BCUT2D eigenvalue weighted by Gasteiger charge is -2.30. The fourth-order valence-electron chi connectivity index (χ4n) is 10.0. The van der Waals surface area contributed by atoms with E-state index in [-0.39, 0.29) is 60.1 Å². The number of hydrogen-bond acceptors (Lipinski definition) is 9. The first-order valence-electron chi connectivity index (χ1n) is 20.9. The maximum Gasteiger partial charge on any atom is 0.407 e. The number of esters is 1. The van der Waals surface area contributed by atoms with Crippen LogP contribution < -0.4 is 5.32 Å². The molecule has 0 bridgehead atoms. The number of carbonyl (C=O) groups is 4. The van der Waals surface area contributed by atoms with Crippen LogP contribution in [-0.4, -0.2) is 101 Å². The molecule has 2 unspecified atom stereocenters. The Morgan fingerprint density at radius 1 is 0.867 bits per heavy atom. The Balaban J connectivity index is 0.923. The molecule has 2 N–H and O–H groups in total. The number of likely N-dealkylation sites (tertiary alicyclic amines) is 1. The van der Waals surface area contributed by atoms with E-state index < -0.39 is 18.2 Å².